The maximum Gasteiger partial charge on any atom is 0.255 e. The van der Waals surface area contributed by atoms with E-state index < -0.39 is 11.9 Å². The lowest BCUT2D eigenvalue weighted by Gasteiger charge is -2.33. The highest BCUT2D eigenvalue weighted by molar-refractivity contribution is 6.05. The monoisotopic (exact) mass is 460 g/mol. The SMILES string of the molecule is O=C1CCC(N2Cc3cc(CNC4CCCN(C(=O)c5ccccc5)C4)ccc3C2=O)C(=O)N1. The highest BCUT2D eigenvalue weighted by Gasteiger charge is 2.39. The first-order valence-electron chi connectivity index (χ1n) is 11.8. The summed E-state index contributed by atoms with van der Waals surface area (Å²) < 4.78 is 0. The summed E-state index contributed by atoms with van der Waals surface area (Å²) in [5.74, 6) is -0.778. The number of hydrogen-bond donors (Lipinski definition) is 2. The Bertz CT molecular complexity index is 1130. The Hall–Kier alpha value is -3.52. The molecule has 176 valence electrons. The Balaban J connectivity index is 1.19. The zero-order valence-electron chi connectivity index (χ0n) is 19.0. The lowest BCUT2D eigenvalue weighted by Crippen LogP contribution is -2.52. The molecule has 0 saturated carbocycles. The number of piperidine rings is 2. The summed E-state index contributed by atoms with van der Waals surface area (Å²) in [6.45, 7) is 2.44. The number of rotatable bonds is 5. The Morgan fingerprint density at radius 1 is 1.06 bits per heavy atom. The van der Waals surface area contributed by atoms with Crippen molar-refractivity contribution in [2.75, 3.05) is 13.1 Å². The van der Waals surface area contributed by atoms with Crippen LogP contribution in [0.25, 0.3) is 0 Å². The number of nitrogens with one attached hydrogen (secondary N) is 2. The average molecular weight is 461 g/mol. The highest BCUT2D eigenvalue weighted by atomic mass is 16.2. The van der Waals surface area contributed by atoms with Crippen molar-refractivity contribution < 1.29 is 19.2 Å². The Morgan fingerprint density at radius 2 is 1.88 bits per heavy atom. The molecule has 2 unspecified atom stereocenters. The molecule has 2 aromatic rings. The van der Waals surface area contributed by atoms with E-state index >= 15 is 0 Å². The number of carbonyl (C=O) groups is 4. The quantitative estimate of drug-likeness (QED) is 0.664. The first-order chi connectivity index (χ1) is 16.5. The van der Waals surface area contributed by atoms with Crippen LogP contribution < -0.4 is 10.6 Å². The molecule has 0 radical (unpaired) electrons. The fraction of sp³-hybridized carbons (Fsp3) is 0.385. The zero-order chi connectivity index (χ0) is 23.7. The molecule has 34 heavy (non-hydrogen) atoms. The second kappa shape index (κ2) is 9.38. The summed E-state index contributed by atoms with van der Waals surface area (Å²) in [4.78, 5) is 52.8. The molecule has 2 N–H and O–H groups in total. The molecule has 2 fully saturated rings. The summed E-state index contributed by atoms with van der Waals surface area (Å²) in [5, 5.41) is 5.90. The van der Waals surface area contributed by atoms with Crippen LogP contribution >= 0.6 is 0 Å². The van der Waals surface area contributed by atoms with Crippen molar-refractivity contribution in [2.24, 2.45) is 0 Å². The van der Waals surface area contributed by atoms with E-state index in [-0.39, 0.29) is 30.2 Å². The van der Waals surface area contributed by atoms with E-state index in [1.54, 1.807) is 4.90 Å². The van der Waals surface area contributed by atoms with Crippen molar-refractivity contribution in [1.29, 1.82) is 0 Å². The standard InChI is InChI=1S/C26H28N4O4/c31-23-11-10-22(24(32)28-23)30-15-19-13-17(8-9-21(19)26(30)34)14-27-20-7-4-12-29(16-20)25(33)18-5-2-1-3-6-18/h1-3,5-6,8-9,13,20,22,27H,4,7,10-12,14-16H2,(H,28,31,32). The van der Waals surface area contributed by atoms with Gasteiger partial charge in [0.15, 0.2) is 0 Å². The fourth-order valence-electron chi connectivity index (χ4n) is 5.09. The van der Waals surface area contributed by atoms with Gasteiger partial charge in [-0.3, -0.25) is 24.5 Å². The molecule has 3 aliphatic rings. The van der Waals surface area contributed by atoms with Crippen LogP contribution in [0.2, 0.25) is 0 Å². The zero-order valence-corrected chi connectivity index (χ0v) is 19.0. The second-order valence-corrected chi connectivity index (χ2v) is 9.23. The topological polar surface area (TPSA) is 98.8 Å². The van der Waals surface area contributed by atoms with Gasteiger partial charge in [0, 0.05) is 49.8 Å². The first-order valence-corrected chi connectivity index (χ1v) is 11.8. The summed E-state index contributed by atoms with van der Waals surface area (Å²) in [5.41, 5.74) is 3.29. The summed E-state index contributed by atoms with van der Waals surface area (Å²) in [7, 11) is 0. The van der Waals surface area contributed by atoms with Gasteiger partial charge in [-0.1, -0.05) is 30.3 Å². The van der Waals surface area contributed by atoms with Crippen LogP contribution in [-0.2, 0) is 22.7 Å². The van der Waals surface area contributed by atoms with Crippen LogP contribution in [0, 0.1) is 0 Å². The average Bonchev–Trinajstić information content (AvgIpc) is 3.18. The molecule has 0 bridgehead atoms. The smallest absolute Gasteiger partial charge is 0.255 e. The summed E-state index contributed by atoms with van der Waals surface area (Å²) in [6, 6.07) is 14.8. The predicted molar refractivity (Wildman–Crippen MR) is 125 cm³/mol. The third-order valence-electron chi connectivity index (χ3n) is 6.91. The van der Waals surface area contributed by atoms with Crippen LogP contribution in [0.5, 0.6) is 0 Å². The molecule has 3 aliphatic heterocycles. The van der Waals surface area contributed by atoms with Gasteiger partial charge in [0.1, 0.15) is 6.04 Å². The van der Waals surface area contributed by atoms with Crippen molar-refractivity contribution in [3.8, 4) is 0 Å². The lowest BCUT2D eigenvalue weighted by molar-refractivity contribution is -0.136. The molecule has 2 atom stereocenters. The van der Waals surface area contributed by atoms with Gasteiger partial charge in [0.05, 0.1) is 0 Å². The van der Waals surface area contributed by atoms with Gasteiger partial charge < -0.3 is 15.1 Å². The molecule has 5 rings (SSSR count). The Kier molecular flexibility index (Phi) is 6.15. The van der Waals surface area contributed by atoms with Crippen molar-refractivity contribution in [2.45, 2.75) is 50.9 Å². The fourth-order valence-corrected chi connectivity index (χ4v) is 5.09. The van der Waals surface area contributed by atoms with Gasteiger partial charge in [-0.05, 0) is 48.6 Å². The van der Waals surface area contributed by atoms with E-state index in [2.05, 4.69) is 10.6 Å². The maximum atomic E-state index is 12.9. The highest BCUT2D eigenvalue weighted by Crippen LogP contribution is 2.28. The third-order valence-corrected chi connectivity index (χ3v) is 6.91. The normalized spacial score (nSPS) is 22.5. The number of carbonyl (C=O) groups excluding carboxylic acids is 4. The number of hydrogen-bond acceptors (Lipinski definition) is 5. The summed E-state index contributed by atoms with van der Waals surface area (Å²) >= 11 is 0. The van der Waals surface area contributed by atoms with Crippen LogP contribution in [0.4, 0.5) is 0 Å². The van der Waals surface area contributed by atoms with Gasteiger partial charge in [0.2, 0.25) is 11.8 Å². The molecule has 0 spiro atoms. The van der Waals surface area contributed by atoms with Crippen molar-refractivity contribution in [3.63, 3.8) is 0 Å². The van der Waals surface area contributed by atoms with Gasteiger partial charge >= 0.3 is 0 Å². The number of imide groups is 1. The molecule has 8 heteroatoms. The largest absolute Gasteiger partial charge is 0.337 e. The number of likely N-dealkylation sites (tertiary alicyclic amines) is 1. The van der Waals surface area contributed by atoms with Crippen LogP contribution in [0.15, 0.2) is 48.5 Å². The molecule has 3 heterocycles. The number of fused-ring (bicyclic) bond motifs is 1. The van der Waals surface area contributed by atoms with E-state index in [0.29, 0.717) is 37.2 Å². The van der Waals surface area contributed by atoms with Gasteiger partial charge in [-0.15, -0.1) is 0 Å². The van der Waals surface area contributed by atoms with Crippen molar-refractivity contribution in [3.05, 3.63) is 70.8 Å². The molecule has 0 aliphatic carbocycles. The van der Waals surface area contributed by atoms with E-state index in [4.69, 9.17) is 0 Å². The van der Waals surface area contributed by atoms with E-state index in [9.17, 15) is 19.2 Å². The Labute approximate surface area is 198 Å². The lowest BCUT2D eigenvalue weighted by atomic mass is 10.0. The molecule has 2 aromatic carbocycles. The van der Waals surface area contributed by atoms with Gasteiger partial charge in [0.25, 0.3) is 11.8 Å². The molecule has 0 aromatic heterocycles. The second-order valence-electron chi connectivity index (χ2n) is 9.23. The van der Waals surface area contributed by atoms with E-state index in [1.807, 2.05) is 53.4 Å². The molecule has 8 nitrogen and oxygen atoms in total. The van der Waals surface area contributed by atoms with Crippen LogP contribution in [0.3, 0.4) is 0 Å². The molecule has 4 amide bonds. The number of amides is 4. The first kappa shape index (κ1) is 22.3. The number of nitrogens with zero attached hydrogens (tertiary/aromatic N) is 2. The van der Waals surface area contributed by atoms with Crippen molar-refractivity contribution >= 4 is 23.6 Å². The minimum atomic E-state index is -0.602. The molecular weight excluding hydrogens is 432 g/mol. The maximum absolute atomic E-state index is 12.9. The van der Waals surface area contributed by atoms with Gasteiger partial charge in [-0.25, -0.2) is 0 Å². The Morgan fingerprint density at radius 3 is 2.68 bits per heavy atom. The predicted octanol–water partition coefficient (Wildman–Crippen LogP) is 1.84. The van der Waals surface area contributed by atoms with Gasteiger partial charge in [-0.2, -0.15) is 0 Å². The van der Waals surface area contributed by atoms with E-state index in [0.717, 1.165) is 30.5 Å². The van der Waals surface area contributed by atoms with Crippen LogP contribution in [0.1, 0.15) is 57.5 Å². The van der Waals surface area contributed by atoms with E-state index in [1.165, 1.54) is 0 Å². The third kappa shape index (κ3) is 4.46. The summed E-state index contributed by atoms with van der Waals surface area (Å²) in [6.07, 6.45) is 2.57. The molecule has 2 saturated heterocycles. The number of benzene rings is 2. The minimum absolute atomic E-state index is 0.0664. The van der Waals surface area contributed by atoms with Crippen LogP contribution in [-0.4, -0.2) is 58.6 Å². The minimum Gasteiger partial charge on any atom is -0.337 e. The van der Waals surface area contributed by atoms with Crippen molar-refractivity contribution in [1.82, 2.24) is 20.4 Å². The molecular formula is C26H28N4O4.